The number of benzene rings is 1. The number of carboxylic acids is 1. The summed E-state index contributed by atoms with van der Waals surface area (Å²) in [7, 11) is 0. The molecule has 0 aliphatic carbocycles. The first-order chi connectivity index (χ1) is 6.65. The number of hydrogen-bond acceptors (Lipinski definition) is 3. The Kier molecular flexibility index (Phi) is 3.23. The first-order valence-electron chi connectivity index (χ1n) is 4.05. The molecule has 4 nitrogen and oxygen atoms in total. The Labute approximate surface area is 81.1 Å². The van der Waals surface area contributed by atoms with Crippen LogP contribution in [0.15, 0.2) is 24.3 Å². The Bertz CT molecular complexity index is 346. The molecule has 0 fully saturated rings. The average molecular weight is 194 g/mol. The van der Waals surface area contributed by atoms with Crippen LogP contribution in [-0.4, -0.2) is 23.5 Å². The number of aliphatic carboxylic acids is 1. The van der Waals surface area contributed by atoms with Crippen LogP contribution in [0.25, 0.3) is 0 Å². The second kappa shape index (κ2) is 4.41. The third-order valence-electron chi connectivity index (χ3n) is 1.71. The van der Waals surface area contributed by atoms with Crippen molar-refractivity contribution in [3.63, 3.8) is 0 Å². The minimum atomic E-state index is -1.43. The molecule has 14 heavy (non-hydrogen) atoms. The highest BCUT2D eigenvalue weighted by molar-refractivity contribution is 5.89. The van der Waals surface area contributed by atoms with E-state index in [4.69, 9.17) is 9.84 Å². The van der Waals surface area contributed by atoms with E-state index in [0.29, 0.717) is 5.75 Å². The molecule has 0 bridgehead atoms. The number of hydrogen-bond donors (Lipinski definition) is 1. The highest BCUT2D eigenvalue weighted by Crippen LogP contribution is 2.17. The number of para-hydroxylation sites is 1. The summed E-state index contributed by atoms with van der Waals surface area (Å²) in [5, 5.41) is 8.57. The van der Waals surface area contributed by atoms with Gasteiger partial charge in [-0.2, -0.15) is 0 Å². The van der Waals surface area contributed by atoms with Crippen molar-refractivity contribution in [2.45, 2.75) is 13.0 Å². The van der Waals surface area contributed by atoms with Gasteiger partial charge in [-0.05, 0) is 18.6 Å². The molecule has 74 valence electrons. The minimum Gasteiger partial charge on any atom is -0.478 e. The molecule has 1 atom stereocenters. The second-order valence-electron chi connectivity index (χ2n) is 2.78. The Balaban J connectivity index is 2.82. The predicted octanol–water partition coefficient (Wildman–Crippen LogP) is 1.03. The zero-order valence-corrected chi connectivity index (χ0v) is 7.64. The van der Waals surface area contributed by atoms with Gasteiger partial charge in [0.1, 0.15) is 5.75 Å². The molecule has 0 aliphatic rings. The van der Waals surface area contributed by atoms with Crippen LogP contribution in [0.2, 0.25) is 0 Å². The van der Waals surface area contributed by atoms with Gasteiger partial charge in [0.25, 0.3) is 0 Å². The van der Waals surface area contributed by atoms with Gasteiger partial charge in [0.15, 0.2) is 6.29 Å². The molecular weight excluding hydrogens is 184 g/mol. The number of carbonyl (C=O) groups is 2. The smallest absolute Gasteiger partial charge is 0.352 e. The van der Waals surface area contributed by atoms with E-state index in [2.05, 4.69) is 0 Å². The lowest BCUT2D eigenvalue weighted by molar-refractivity contribution is -0.147. The van der Waals surface area contributed by atoms with E-state index >= 15 is 0 Å². The third-order valence-corrected chi connectivity index (χ3v) is 1.71. The molecular formula is C10H10O4. The van der Waals surface area contributed by atoms with Gasteiger partial charge in [-0.1, -0.05) is 18.2 Å². The van der Waals surface area contributed by atoms with Crippen LogP contribution in [0.1, 0.15) is 5.56 Å². The summed E-state index contributed by atoms with van der Waals surface area (Å²) in [4.78, 5) is 20.8. The predicted molar refractivity (Wildman–Crippen MR) is 49.3 cm³/mol. The van der Waals surface area contributed by atoms with E-state index in [1.807, 2.05) is 0 Å². The number of aryl methyl sites for hydroxylation is 1. The Morgan fingerprint density at radius 1 is 1.50 bits per heavy atom. The van der Waals surface area contributed by atoms with Crippen LogP contribution < -0.4 is 4.74 Å². The third kappa shape index (κ3) is 2.32. The molecule has 1 aromatic rings. The van der Waals surface area contributed by atoms with Crippen molar-refractivity contribution in [1.29, 1.82) is 0 Å². The zero-order valence-electron chi connectivity index (χ0n) is 7.64. The van der Waals surface area contributed by atoms with Gasteiger partial charge in [-0.25, -0.2) is 4.79 Å². The van der Waals surface area contributed by atoms with Gasteiger partial charge < -0.3 is 9.84 Å². The molecule has 0 amide bonds. The van der Waals surface area contributed by atoms with Gasteiger partial charge >= 0.3 is 5.97 Å². The first kappa shape index (κ1) is 10.2. The normalized spacial score (nSPS) is 11.8. The van der Waals surface area contributed by atoms with Gasteiger partial charge in [0.2, 0.25) is 6.10 Å². The van der Waals surface area contributed by atoms with E-state index in [9.17, 15) is 9.59 Å². The van der Waals surface area contributed by atoms with Crippen molar-refractivity contribution in [1.82, 2.24) is 0 Å². The molecule has 0 heterocycles. The van der Waals surface area contributed by atoms with E-state index in [1.54, 1.807) is 31.2 Å². The van der Waals surface area contributed by atoms with Crippen LogP contribution in [-0.2, 0) is 9.59 Å². The van der Waals surface area contributed by atoms with Gasteiger partial charge in [-0.3, -0.25) is 4.79 Å². The van der Waals surface area contributed by atoms with Crippen LogP contribution in [0.5, 0.6) is 5.75 Å². The Hall–Kier alpha value is -1.84. The Morgan fingerprint density at radius 3 is 2.64 bits per heavy atom. The van der Waals surface area contributed by atoms with Crippen molar-refractivity contribution in [2.75, 3.05) is 0 Å². The summed E-state index contributed by atoms with van der Waals surface area (Å²) in [5.74, 6) is -0.879. The lowest BCUT2D eigenvalue weighted by Gasteiger charge is -2.10. The molecule has 0 radical (unpaired) electrons. The van der Waals surface area contributed by atoms with Crippen molar-refractivity contribution in [3.05, 3.63) is 29.8 Å². The maximum absolute atomic E-state index is 10.5. The monoisotopic (exact) mass is 194 g/mol. The van der Waals surface area contributed by atoms with E-state index < -0.39 is 12.1 Å². The lowest BCUT2D eigenvalue weighted by Crippen LogP contribution is -2.28. The maximum atomic E-state index is 10.5. The van der Waals surface area contributed by atoms with Crippen LogP contribution in [0, 0.1) is 6.92 Å². The minimum absolute atomic E-state index is 0.259. The summed E-state index contributed by atoms with van der Waals surface area (Å²) in [6, 6.07) is 6.92. The average Bonchev–Trinajstić information content (AvgIpc) is 2.16. The first-order valence-corrected chi connectivity index (χ1v) is 4.05. The highest BCUT2D eigenvalue weighted by atomic mass is 16.5. The highest BCUT2D eigenvalue weighted by Gasteiger charge is 2.18. The fraction of sp³-hybridized carbons (Fsp3) is 0.200. The zero-order chi connectivity index (χ0) is 10.6. The largest absolute Gasteiger partial charge is 0.478 e. The number of aldehydes is 1. The molecule has 0 saturated carbocycles. The summed E-state index contributed by atoms with van der Waals surface area (Å²) in [5.41, 5.74) is 0.792. The van der Waals surface area contributed by atoms with Gasteiger partial charge in [-0.15, -0.1) is 0 Å². The number of ether oxygens (including phenoxy) is 1. The van der Waals surface area contributed by atoms with E-state index in [-0.39, 0.29) is 6.29 Å². The molecule has 0 aliphatic heterocycles. The molecule has 1 unspecified atom stereocenters. The molecule has 1 N–H and O–H groups in total. The summed E-state index contributed by atoms with van der Waals surface area (Å²) in [6.45, 7) is 1.78. The number of carboxylic acid groups (broad SMARTS) is 1. The summed E-state index contributed by atoms with van der Waals surface area (Å²) in [6.07, 6.45) is -1.18. The van der Waals surface area contributed by atoms with Crippen LogP contribution >= 0.6 is 0 Å². The number of rotatable bonds is 4. The standard InChI is InChI=1S/C10H10O4/c1-7-4-2-3-5-8(7)14-9(6-11)10(12)13/h2-6,9H,1H3,(H,12,13). The fourth-order valence-corrected chi connectivity index (χ4v) is 0.962. The fourth-order valence-electron chi connectivity index (χ4n) is 0.962. The van der Waals surface area contributed by atoms with Crippen molar-refractivity contribution >= 4 is 12.3 Å². The topological polar surface area (TPSA) is 63.6 Å². The van der Waals surface area contributed by atoms with Crippen molar-refractivity contribution in [3.8, 4) is 5.75 Å². The van der Waals surface area contributed by atoms with Gasteiger partial charge in [0.05, 0.1) is 0 Å². The molecule has 4 heteroatoms. The Morgan fingerprint density at radius 2 is 2.14 bits per heavy atom. The number of carbonyl (C=O) groups excluding carboxylic acids is 1. The van der Waals surface area contributed by atoms with Crippen LogP contribution in [0.3, 0.4) is 0 Å². The maximum Gasteiger partial charge on any atom is 0.352 e. The van der Waals surface area contributed by atoms with Crippen molar-refractivity contribution < 1.29 is 19.4 Å². The lowest BCUT2D eigenvalue weighted by atomic mass is 10.2. The quantitative estimate of drug-likeness (QED) is 0.574. The molecule has 1 aromatic carbocycles. The molecule has 0 saturated heterocycles. The molecule has 0 spiro atoms. The summed E-state index contributed by atoms with van der Waals surface area (Å²) < 4.78 is 4.99. The molecule has 1 rings (SSSR count). The van der Waals surface area contributed by atoms with Gasteiger partial charge in [0, 0.05) is 0 Å². The van der Waals surface area contributed by atoms with E-state index in [1.165, 1.54) is 0 Å². The second-order valence-corrected chi connectivity index (χ2v) is 2.78. The van der Waals surface area contributed by atoms with Crippen molar-refractivity contribution in [2.24, 2.45) is 0 Å². The SMILES string of the molecule is Cc1ccccc1OC(C=O)C(=O)O. The summed E-state index contributed by atoms with van der Waals surface area (Å²) >= 11 is 0. The van der Waals surface area contributed by atoms with Crippen LogP contribution in [0.4, 0.5) is 0 Å². The molecule has 0 aromatic heterocycles. The van der Waals surface area contributed by atoms with E-state index in [0.717, 1.165) is 5.56 Å².